The van der Waals surface area contributed by atoms with Crippen LogP contribution >= 0.6 is 0 Å². The monoisotopic (exact) mass is 799 g/mol. The van der Waals surface area contributed by atoms with Crippen LogP contribution in [0.5, 0.6) is 0 Å². The van der Waals surface area contributed by atoms with E-state index in [0.29, 0.717) is 29.8 Å². The van der Waals surface area contributed by atoms with Gasteiger partial charge in [-0.25, -0.2) is 9.18 Å². The molecule has 3 N–H and O–H groups in total. The topological polar surface area (TPSA) is 84.9 Å². The molecule has 2 saturated heterocycles. The van der Waals surface area contributed by atoms with Crippen LogP contribution in [0.4, 0.5) is 17.6 Å². The van der Waals surface area contributed by atoms with Crippen molar-refractivity contribution in [3.63, 3.8) is 0 Å². The summed E-state index contributed by atoms with van der Waals surface area (Å²) in [5, 5.41) is 13.6. The molecule has 2 heterocycles. The smallest absolute Gasteiger partial charge is 0.490 e. The molecule has 0 radical (unpaired) electrons. The summed E-state index contributed by atoms with van der Waals surface area (Å²) in [6.45, 7) is 9.56. The van der Waals surface area contributed by atoms with E-state index in [1.165, 1.54) is 24.6 Å². The van der Waals surface area contributed by atoms with Crippen LogP contribution in [0.25, 0.3) is 11.1 Å². The molecule has 2 fully saturated rings. The second kappa shape index (κ2) is 17.7. The number of piperazine rings is 1. The number of halogens is 5. The summed E-state index contributed by atoms with van der Waals surface area (Å²) in [4.78, 5) is 26.8. The van der Waals surface area contributed by atoms with Gasteiger partial charge in [0.1, 0.15) is 5.82 Å². The first kappa shape index (κ1) is 40.3. The molecular formula is C36H46F4IN5O3. The number of hydrogen-bond donors (Lipinski definition) is 3. The van der Waals surface area contributed by atoms with E-state index in [4.69, 9.17) is 9.90 Å². The predicted molar refractivity (Wildman–Crippen MR) is 178 cm³/mol. The maximum Gasteiger partial charge on any atom is 0.490 e. The van der Waals surface area contributed by atoms with Crippen molar-refractivity contribution in [3.8, 4) is 11.1 Å². The van der Waals surface area contributed by atoms with Gasteiger partial charge >= 0.3 is 12.1 Å². The highest BCUT2D eigenvalue weighted by molar-refractivity contribution is 5.94. The van der Waals surface area contributed by atoms with Gasteiger partial charge < -0.3 is 44.2 Å². The molecule has 5 rings (SSSR count). The zero-order valence-electron chi connectivity index (χ0n) is 28.4. The number of carbonyl (C=O) groups excluding carboxylic acids is 1. The van der Waals surface area contributed by atoms with Crippen molar-refractivity contribution < 1.29 is 60.7 Å². The number of nitrogens with zero attached hydrogens (tertiary/aromatic N) is 3. The van der Waals surface area contributed by atoms with Crippen molar-refractivity contribution in [3.05, 3.63) is 94.8 Å². The number of carboxylic acids is 1. The highest BCUT2D eigenvalue weighted by Crippen LogP contribution is 2.26. The third-order valence-electron chi connectivity index (χ3n) is 8.84. The summed E-state index contributed by atoms with van der Waals surface area (Å²) in [6.07, 6.45) is -3.89. The van der Waals surface area contributed by atoms with E-state index >= 15 is 0 Å². The van der Waals surface area contributed by atoms with Gasteiger partial charge in [0.2, 0.25) is 0 Å². The van der Waals surface area contributed by atoms with Gasteiger partial charge in [0, 0.05) is 62.9 Å². The van der Waals surface area contributed by atoms with Crippen LogP contribution in [-0.2, 0) is 24.4 Å². The van der Waals surface area contributed by atoms with Crippen molar-refractivity contribution >= 4 is 11.9 Å². The number of rotatable bonds is 9. The Morgan fingerprint density at radius 3 is 2.39 bits per heavy atom. The van der Waals surface area contributed by atoms with Crippen LogP contribution < -0.4 is 34.6 Å². The number of amides is 1. The standard InChI is InChI=1S/C34H44FN5O.C2HF3O2.HI/c1-25-21-39(15-14-36-25)23-28-8-5-9-29(17-28)32-19-26(11-12-33(32)35)20-37-34(41)30-10-6-7-27(18-30)22-38(2)31-13-16-40(3,4)24-31;3-2(4,5)1(6)7;/h5-12,17-19,25,31,36H,13-16,20-24H2,1-4H3;(H,6,7);1H/t25-,31?;;/m0../s1. The van der Waals surface area contributed by atoms with Crippen molar-refractivity contribution in [1.29, 1.82) is 0 Å². The van der Waals surface area contributed by atoms with E-state index in [1.807, 2.05) is 36.4 Å². The lowest BCUT2D eigenvalue weighted by Gasteiger charge is -2.31. The van der Waals surface area contributed by atoms with E-state index in [0.717, 1.165) is 60.4 Å². The average molecular weight is 800 g/mol. The number of hydrogen-bond acceptors (Lipinski definition) is 5. The Bertz CT molecular complexity index is 1570. The van der Waals surface area contributed by atoms with Gasteiger partial charge in [0.15, 0.2) is 0 Å². The molecule has 268 valence electrons. The van der Waals surface area contributed by atoms with E-state index in [1.54, 1.807) is 6.07 Å². The molecule has 1 unspecified atom stereocenters. The Kier molecular flexibility index (Phi) is 14.6. The molecule has 0 aliphatic carbocycles. The summed E-state index contributed by atoms with van der Waals surface area (Å²) < 4.78 is 47.7. The number of likely N-dealkylation sites (tertiary alicyclic amines) is 1. The number of quaternary nitrogens is 1. The van der Waals surface area contributed by atoms with Gasteiger partial charge in [-0.3, -0.25) is 14.6 Å². The quantitative estimate of drug-likeness (QED) is 0.175. The Hall–Kier alpha value is -3.11. The summed E-state index contributed by atoms with van der Waals surface area (Å²) in [6, 6.07) is 22.2. The molecule has 8 nitrogen and oxygen atoms in total. The zero-order chi connectivity index (χ0) is 35.1. The average Bonchev–Trinajstić information content (AvgIpc) is 3.40. The maximum atomic E-state index is 15.0. The molecule has 0 spiro atoms. The molecule has 2 aliphatic heterocycles. The van der Waals surface area contributed by atoms with Crippen LogP contribution in [0.3, 0.4) is 0 Å². The molecule has 13 heteroatoms. The fourth-order valence-corrected chi connectivity index (χ4v) is 6.28. The van der Waals surface area contributed by atoms with E-state index in [-0.39, 0.29) is 35.7 Å². The van der Waals surface area contributed by atoms with Crippen LogP contribution in [0.1, 0.15) is 40.4 Å². The van der Waals surface area contributed by atoms with Crippen molar-refractivity contribution in [1.82, 2.24) is 20.4 Å². The molecule has 0 aromatic heterocycles. The molecule has 1 amide bonds. The first-order chi connectivity index (χ1) is 22.6. The highest BCUT2D eigenvalue weighted by Gasteiger charge is 2.38. The second-order valence-electron chi connectivity index (χ2n) is 13.5. The summed E-state index contributed by atoms with van der Waals surface area (Å²) in [5.74, 6) is -3.13. The second-order valence-corrected chi connectivity index (χ2v) is 13.5. The van der Waals surface area contributed by atoms with Crippen LogP contribution in [-0.4, -0.2) is 103 Å². The lowest BCUT2D eigenvalue weighted by Crippen LogP contribution is -3.00. The lowest BCUT2D eigenvalue weighted by molar-refractivity contribution is -0.878. The summed E-state index contributed by atoms with van der Waals surface area (Å²) in [5.41, 5.74) is 5.25. The first-order valence-corrected chi connectivity index (χ1v) is 16.1. The SMILES string of the molecule is C[C@H]1CN(Cc2cccc(-c3cc(CNC(=O)c4cccc(CN(C)C5CC[N+](C)(C)C5)c4)ccc3F)c2)CCN1.O=C(O)C(F)(F)F.[I-]. The van der Waals surface area contributed by atoms with Crippen molar-refractivity contribution in [2.75, 3.05) is 53.9 Å². The minimum Gasteiger partial charge on any atom is -1.00 e. The minimum atomic E-state index is -5.08. The van der Waals surface area contributed by atoms with Gasteiger partial charge in [-0.2, -0.15) is 13.2 Å². The number of aliphatic carboxylic acids is 1. The number of benzene rings is 3. The largest absolute Gasteiger partial charge is 1.00 e. The van der Waals surface area contributed by atoms with Gasteiger partial charge in [0.25, 0.3) is 5.91 Å². The van der Waals surface area contributed by atoms with Gasteiger partial charge in [-0.15, -0.1) is 0 Å². The van der Waals surface area contributed by atoms with E-state index in [9.17, 15) is 22.4 Å². The first-order valence-electron chi connectivity index (χ1n) is 16.1. The normalized spacial score (nSPS) is 19.0. The van der Waals surface area contributed by atoms with Gasteiger partial charge in [0.05, 0.1) is 33.2 Å². The molecule has 2 atom stereocenters. The Morgan fingerprint density at radius 1 is 1.04 bits per heavy atom. The third-order valence-corrected chi connectivity index (χ3v) is 8.84. The van der Waals surface area contributed by atoms with Crippen LogP contribution in [0.15, 0.2) is 66.7 Å². The highest BCUT2D eigenvalue weighted by atomic mass is 127. The third kappa shape index (κ3) is 12.3. The maximum absolute atomic E-state index is 15.0. The number of alkyl halides is 3. The van der Waals surface area contributed by atoms with Gasteiger partial charge in [-0.05, 0) is 66.6 Å². The molecule has 49 heavy (non-hydrogen) atoms. The van der Waals surface area contributed by atoms with E-state index in [2.05, 4.69) is 66.7 Å². The molecule has 3 aromatic carbocycles. The molecule has 2 aliphatic rings. The van der Waals surface area contributed by atoms with E-state index < -0.39 is 12.1 Å². The Labute approximate surface area is 303 Å². The zero-order valence-corrected chi connectivity index (χ0v) is 30.5. The number of carbonyl (C=O) groups is 2. The number of carboxylic acid groups (broad SMARTS) is 1. The molecular weight excluding hydrogens is 753 g/mol. The van der Waals surface area contributed by atoms with Crippen molar-refractivity contribution in [2.24, 2.45) is 0 Å². The predicted octanol–water partition coefficient (Wildman–Crippen LogP) is 2.13. The Balaban J connectivity index is 0.000000735. The summed E-state index contributed by atoms with van der Waals surface area (Å²) in [7, 11) is 6.75. The molecule has 0 bridgehead atoms. The fourth-order valence-electron chi connectivity index (χ4n) is 6.28. The number of likely N-dealkylation sites (N-methyl/N-ethyl adjacent to an activating group) is 2. The fraction of sp³-hybridized carbons (Fsp3) is 0.444. The number of nitrogens with one attached hydrogen (secondary N) is 2. The Morgan fingerprint density at radius 2 is 1.73 bits per heavy atom. The molecule has 0 saturated carbocycles. The van der Waals surface area contributed by atoms with Crippen LogP contribution in [0.2, 0.25) is 0 Å². The molecule has 3 aromatic rings. The lowest BCUT2D eigenvalue weighted by atomic mass is 10.00. The summed E-state index contributed by atoms with van der Waals surface area (Å²) >= 11 is 0. The minimum absolute atomic E-state index is 0. The van der Waals surface area contributed by atoms with Gasteiger partial charge in [-0.1, -0.05) is 36.4 Å². The van der Waals surface area contributed by atoms with Crippen molar-refractivity contribution in [2.45, 2.75) is 51.2 Å². The van der Waals surface area contributed by atoms with Crippen LogP contribution in [0, 0.1) is 5.82 Å².